The molecule has 3 aromatic carbocycles. The Morgan fingerprint density at radius 1 is 0.872 bits per heavy atom. The topological polar surface area (TPSA) is 38.9 Å². The molecule has 0 amide bonds. The minimum atomic E-state index is -1.53. The molecule has 3 nitrogen and oxygen atoms in total. The van der Waals surface area contributed by atoms with Gasteiger partial charge in [0.1, 0.15) is 5.58 Å². The molecule has 0 aliphatic heterocycles. The number of hydrogen-bond acceptors (Lipinski definition) is 3. The first-order valence-electron chi connectivity index (χ1n) is 13.1. The van der Waals surface area contributed by atoms with Gasteiger partial charge in [-0.05, 0) is 42.4 Å². The Labute approximate surface area is 245 Å². The summed E-state index contributed by atoms with van der Waals surface area (Å²) in [7, 11) is -1.53. The zero-order valence-corrected chi connectivity index (χ0v) is 26.4. The number of para-hydroxylation sites is 1. The molecule has 0 saturated heterocycles. The van der Waals surface area contributed by atoms with Crippen molar-refractivity contribution in [1.82, 2.24) is 9.97 Å². The van der Waals surface area contributed by atoms with Crippen LogP contribution < -0.4 is 5.19 Å². The molecule has 0 saturated carbocycles. The second kappa shape index (κ2) is 12.2. The van der Waals surface area contributed by atoms with E-state index in [1.807, 2.05) is 54.9 Å². The number of benzene rings is 3. The van der Waals surface area contributed by atoms with Crippen molar-refractivity contribution in [2.75, 3.05) is 0 Å². The maximum atomic E-state index is 6.28. The number of furan rings is 1. The Morgan fingerprint density at radius 3 is 2.33 bits per heavy atom. The molecule has 3 heterocycles. The summed E-state index contributed by atoms with van der Waals surface area (Å²) in [6.07, 6.45) is 4.77. The van der Waals surface area contributed by atoms with Gasteiger partial charge in [-0.1, -0.05) is 79.5 Å². The Hall–Kier alpha value is -3.37. The van der Waals surface area contributed by atoms with Gasteiger partial charge in [0.2, 0.25) is 0 Å². The van der Waals surface area contributed by atoms with E-state index in [1.54, 1.807) is 0 Å². The molecule has 0 bridgehead atoms. The summed E-state index contributed by atoms with van der Waals surface area (Å²) in [6, 6.07) is 33.2. The first-order valence-corrected chi connectivity index (χ1v) is 16.6. The van der Waals surface area contributed by atoms with Crippen LogP contribution in [-0.2, 0) is 26.5 Å². The van der Waals surface area contributed by atoms with Crippen molar-refractivity contribution >= 4 is 35.2 Å². The number of rotatable bonds is 4. The summed E-state index contributed by atoms with van der Waals surface area (Å²) >= 11 is 0. The van der Waals surface area contributed by atoms with E-state index in [0.29, 0.717) is 0 Å². The summed E-state index contributed by atoms with van der Waals surface area (Å²) in [5.74, 6) is 0. The van der Waals surface area contributed by atoms with E-state index in [1.165, 1.54) is 27.1 Å². The molecular formula is C34H32IrN2OSi-2. The minimum Gasteiger partial charge on any atom is -0.501 e. The SMILES string of the molecule is CCc1ccc(-c2[c-]cc([Si](C)(C)C)c3c2oc2ccccc23)nc1.Cc1ccnc(-c2[c-]cccc2)c1.[Ir]. The summed E-state index contributed by atoms with van der Waals surface area (Å²) in [4.78, 5) is 8.93. The van der Waals surface area contributed by atoms with Gasteiger partial charge in [-0.3, -0.25) is 0 Å². The Morgan fingerprint density at radius 2 is 1.67 bits per heavy atom. The van der Waals surface area contributed by atoms with Crippen LogP contribution in [0, 0.1) is 19.1 Å². The van der Waals surface area contributed by atoms with Gasteiger partial charge in [-0.2, -0.15) is 0 Å². The Bertz CT molecular complexity index is 1690. The van der Waals surface area contributed by atoms with Gasteiger partial charge in [0.15, 0.2) is 0 Å². The van der Waals surface area contributed by atoms with Crippen LogP contribution in [0.4, 0.5) is 0 Å². The van der Waals surface area contributed by atoms with Gasteiger partial charge in [0, 0.05) is 46.0 Å². The summed E-state index contributed by atoms with van der Waals surface area (Å²) in [5, 5.41) is 3.82. The standard InChI is InChI=1S/C22H22NOSi.C12H10N.Ir/c1-5-15-10-12-18(23-14-15)16-11-13-20(25(2,3)4)21-17-8-6-7-9-19(17)24-22(16)21;1-10-7-8-13-12(9-10)11-5-3-2-4-6-11;/h6-10,12-14H,5H2,1-4H3;2-5,7-9H,1H3;/q2*-1;. The van der Waals surface area contributed by atoms with Gasteiger partial charge in [0.05, 0.1) is 5.58 Å². The zero-order chi connectivity index (χ0) is 26.7. The predicted octanol–water partition coefficient (Wildman–Crippen LogP) is 8.41. The summed E-state index contributed by atoms with van der Waals surface area (Å²) in [6.45, 7) is 11.3. The molecule has 0 unspecified atom stereocenters. The largest absolute Gasteiger partial charge is 0.501 e. The van der Waals surface area contributed by atoms with Crippen LogP contribution >= 0.6 is 0 Å². The fourth-order valence-electron chi connectivity index (χ4n) is 4.57. The monoisotopic (exact) mass is 705 g/mol. The van der Waals surface area contributed by atoms with Gasteiger partial charge >= 0.3 is 0 Å². The van der Waals surface area contributed by atoms with Crippen molar-refractivity contribution in [3.63, 3.8) is 0 Å². The van der Waals surface area contributed by atoms with E-state index in [4.69, 9.17) is 4.42 Å². The first-order chi connectivity index (χ1) is 18.3. The van der Waals surface area contributed by atoms with Gasteiger partial charge in [0.25, 0.3) is 0 Å². The number of aryl methyl sites for hydroxylation is 2. The predicted molar refractivity (Wildman–Crippen MR) is 161 cm³/mol. The average molecular weight is 705 g/mol. The first kappa shape index (κ1) is 28.6. The molecule has 0 aliphatic rings. The zero-order valence-electron chi connectivity index (χ0n) is 23.0. The van der Waals surface area contributed by atoms with Gasteiger partial charge < -0.3 is 14.4 Å². The number of hydrogen-bond donors (Lipinski definition) is 0. The number of fused-ring (bicyclic) bond motifs is 3. The maximum absolute atomic E-state index is 6.28. The molecule has 0 spiro atoms. The van der Waals surface area contributed by atoms with Crippen LogP contribution in [0.15, 0.2) is 95.7 Å². The fourth-order valence-corrected chi connectivity index (χ4v) is 6.07. The van der Waals surface area contributed by atoms with E-state index in [0.717, 1.165) is 40.1 Å². The Balaban J connectivity index is 0.000000213. The van der Waals surface area contributed by atoms with Crippen LogP contribution in [0.5, 0.6) is 0 Å². The molecule has 0 fully saturated rings. The van der Waals surface area contributed by atoms with E-state index in [2.05, 4.69) is 92.0 Å². The molecule has 0 aliphatic carbocycles. The number of aromatic nitrogens is 2. The van der Waals surface area contributed by atoms with E-state index < -0.39 is 8.07 Å². The molecule has 6 aromatic rings. The second-order valence-electron chi connectivity index (χ2n) is 10.5. The van der Waals surface area contributed by atoms with E-state index in [-0.39, 0.29) is 20.1 Å². The molecule has 1 radical (unpaired) electrons. The molecule has 0 atom stereocenters. The molecule has 39 heavy (non-hydrogen) atoms. The van der Waals surface area contributed by atoms with Crippen molar-refractivity contribution in [3.8, 4) is 22.5 Å². The van der Waals surface area contributed by atoms with Crippen LogP contribution in [0.25, 0.3) is 44.5 Å². The smallest absolute Gasteiger partial charge is 0.120 e. The molecular weight excluding hydrogens is 673 g/mol. The number of pyridine rings is 2. The third kappa shape index (κ3) is 6.28. The molecule has 3 aromatic heterocycles. The molecule has 199 valence electrons. The molecule has 0 N–H and O–H groups in total. The fraction of sp³-hybridized carbons (Fsp3) is 0.176. The van der Waals surface area contributed by atoms with Crippen molar-refractivity contribution in [3.05, 3.63) is 115 Å². The van der Waals surface area contributed by atoms with Crippen LogP contribution in [0.1, 0.15) is 18.1 Å². The van der Waals surface area contributed by atoms with Gasteiger partial charge in [-0.15, -0.1) is 53.2 Å². The number of nitrogens with zero attached hydrogens (tertiary/aromatic N) is 2. The van der Waals surface area contributed by atoms with Crippen molar-refractivity contribution in [2.45, 2.75) is 39.9 Å². The second-order valence-corrected chi connectivity index (χ2v) is 15.6. The summed E-state index contributed by atoms with van der Waals surface area (Å²) in [5.41, 5.74) is 8.22. The third-order valence-corrected chi connectivity index (χ3v) is 8.66. The summed E-state index contributed by atoms with van der Waals surface area (Å²) < 4.78 is 6.28. The van der Waals surface area contributed by atoms with Crippen LogP contribution in [0.3, 0.4) is 0 Å². The van der Waals surface area contributed by atoms with Gasteiger partial charge in [-0.25, -0.2) is 0 Å². The van der Waals surface area contributed by atoms with Crippen LogP contribution in [0.2, 0.25) is 19.6 Å². The van der Waals surface area contributed by atoms with Crippen molar-refractivity contribution in [1.29, 1.82) is 0 Å². The van der Waals surface area contributed by atoms with E-state index >= 15 is 0 Å². The quantitative estimate of drug-likeness (QED) is 0.137. The Kier molecular flexibility index (Phi) is 8.96. The maximum Gasteiger partial charge on any atom is 0.120 e. The third-order valence-electron chi connectivity index (χ3n) is 6.65. The molecule has 5 heteroatoms. The minimum absolute atomic E-state index is 0. The molecule has 6 rings (SSSR count). The van der Waals surface area contributed by atoms with Crippen molar-refractivity contribution in [2.24, 2.45) is 0 Å². The normalized spacial score (nSPS) is 11.1. The van der Waals surface area contributed by atoms with Crippen LogP contribution in [-0.4, -0.2) is 18.0 Å². The van der Waals surface area contributed by atoms with Crippen molar-refractivity contribution < 1.29 is 24.5 Å². The van der Waals surface area contributed by atoms with E-state index in [9.17, 15) is 0 Å². The average Bonchev–Trinajstić information content (AvgIpc) is 3.33.